The summed E-state index contributed by atoms with van der Waals surface area (Å²) in [5.41, 5.74) is 2.41. The van der Waals surface area contributed by atoms with Gasteiger partial charge in [-0.2, -0.15) is 0 Å². The van der Waals surface area contributed by atoms with Gasteiger partial charge in [0.15, 0.2) is 0 Å². The number of carbonyl (C=O) groups is 2. The third-order valence-electron chi connectivity index (χ3n) is 1.94. The minimum atomic E-state index is -1.14. The lowest BCUT2D eigenvalue weighted by Gasteiger charge is -2.25. The number of anilines is 1. The summed E-state index contributed by atoms with van der Waals surface area (Å²) in [5, 5.41) is 1.09. The van der Waals surface area contributed by atoms with Crippen LogP contribution in [0, 0.1) is 0 Å². The van der Waals surface area contributed by atoms with Gasteiger partial charge >= 0.3 is 11.9 Å². The zero-order valence-corrected chi connectivity index (χ0v) is 9.35. The van der Waals surface area contributed by atoms with Crippen LogP contribution in [-0.4, -0.2) is 19.0 Å². The lowest BCUT2D eigenvalue weighted by molar-refractivity contribution is -0.192. The van der Waals surface area contributed by atoms with Crippen molar-refractivity contribution in [1.29, 1.82) is 0 Å². The molecule has 1 aliphatic heterocycles. The third kappa shape index (κ3) is 2.24. The van der Waals surface area contributed by atoms with Crippen molar-refractivity contribution < 1.29 is 24.0 Å². The van der Waals surface area contributed by atoms with Gasteiger partial charge in [0.25, 0.3) is 0 Å². The average Bonchev–Trinajstić information content (AvgIpc) is 2.32. The van der Waals surface area contributed by atoms with Crippen LogP contribution >= 0.6 is 11.6 Å². The van der Waals surface area contributed by atoms with Crippen molar-refractivity contribution in [3.63, 3.8) is 0 Å². The molecule has 0 bridgehead atoms. The minimum absolute atomic E-state index is 0.252. The van der Waals surface area contributed by atoms with Gasteiger partial charge in [0.1, 0.15) is 11.4 Å². The molecule has 0 radical (unpaired) electrons. The molecule has 1 aromatic carbocycles. The maximum atomic E-state index is 11.0. The van der Waals surface area contributed by atoms with E-state index < -0.39 is 11.9 Å². The van der Waals surface area contributed by atoms with Crippen LogP contribution in [0.25, 0.3) is 0 Å². The molecule has 90 valence electrons. The number of hydrogen-bond acceptors (Lipinski definition) is 7. The van der Waals surface area contributed by atoms with Crippen molar-refractivity contribution in [3.05, 3.63) is 23.2 Å². The number of hydrazine groups is 1. The van der Waals surface area contributed by atoms with Crippen molar-refractivity contribution >= 4 is 29.2 Å². The Morgan fingerprint density at radius 3 is 2.71 bits per heavy atom. The van der Waals surface area contributed by atoms with E-state index in [2.05, 4.69) is 15.3 Å². The van der Waals surface area contributed by atoms with E-state index in [1.165, 1.54) is 19.2 Å². The molecular weight excluding hydrogens is 252 g/mol. The number of carbonyl (C=O) groups excluding carboxylic acids is 2. The van der Waals surface area contributed by atoms with Gasteiger partial charge in [-0.3, -0.25) is 0 Å². The fourth-order valence-electron chi connectivity index (χ4n) is 1.14. The normalized spacial score (nSPS) is 15.3. The summed E-state index contributed by atoms with van der Waals surface area (Å²) in [5.74, 6) is -1.74. The van der Waals surface area contributed by atoms with Gasteiger partial charge < -0.3 is 14.4 Å². The van der Waals surface area contributed by atoms with Gasteiger partial charge in [0.2, 0.25) is 0 Å². The summed E-state index contributed by atoms with van der Waals surface area (Å²) in [4.78, 5) is 30.6. The highest BCUT2D eigenvalue weighted by Gasteiger charge is 2.30. The predicted octanol–water partition coefficient (Wildman–Crippen LogP) is 0.590. The predicted molar refractivity (Wildman–Crippen MR) is 55.8 cm³/mol. The first-order chi connectivity index (χ1) is 8.11. The van der Waals surface area contributed by atoms with E-state index in [4.69, 9.17) is 16.3 Å². The number of hydrogen-bond donors (Lipinski definition) is 1. The highest BCUT2D eigenvalue weighted by molar-refractivity contribution is 6.33. The topological polar surface area (TPSA) is 77.1 Å². The van der Waals surface area contributed by atoms with Crippen LogP contribution < -0.4 is 15.5 Å². The van der Waals surface area contributed by atoms with Crippen LogP contribution in [0.4, 0.5) is 5.69 Å². The maximum Gasteiger partial charge on any atom is 0.444 e. The van der Waals surface area contributed by atoms with E-state index in [0.717, 1.165) is 5.17 Å². The highest BCUT2D eigenvalue weighted by atomic mass is 35.5. The van der Waals surface area contributed by atoms with Crippen LogP contribution in [0.3, 0.4) is 0 Å². The van der Waals surface area contributed by atoms with E-state index in [9.17, 15) is 9.59 Å². The molecule has 2 rings (SSSR count). The molecule has 0 unspecified atom stereocenters. The number of nitrogens with one attached hydrogen (secondary N) is 1. The smallest absolute Gasteiger partial charge is 0.444 e. The first kappa shape index (κ1) is 11.5. The summed E-state index contributed by atoms with van der Waals surface area (Å²) in [6, 6.07) is 4.65. The Labute approximate surface area is 101 Å². The number of rotatable bonds is 2. The Kier molecular flexibility index (Phi) is 3.03. The molecule has 1 heterocycles. The maximum absolute atomic E-state index is 11.0. The van der Waals surface area contributed by atoms with E-state index in [0.29, 0.717) is 11.4 Å². The number of methoxy groups -OCH3 is 1. The van der Waals surface area contributed by atoms with Gasteiger partial charge in [-0.05, 0) is 17.7 Å². The Hall–Kier alpha value is -1.99. The molecule has 7 nitrogen and oxygen atoms in total. The second-order valence-electron chi connectivity index (χ2n) is 2.97. The van der Waals surface area contributed by atoms with Gasteiger partial charge in [-0.15, -0.1) is 0 Å². The summed E-state index contributed by atoms with van der Waals surface area (Å²) in [6.07, 6.45) is 0. The van der Waals surface area contributed by atoms with Crippen molar-refractivity contribution in [1.82, 2.24) is 5.59 Å². The van der Waals surface area contributed by atoms with Crippen LogP contribution in [-0.2, 0) is 19.3 Å². The van der Waals surface area contributed by atoms with Crippen molar-refractivity contribution in [2.24, 2.45) is 0 Å². The zero-order valence-electron chi connectivity index (χ0n) is 8.60. The lowest BCUT2D eigenvalue weighted by Crippen LogP contribution is -2.49. The molecule has 1 saturated heterocycles. The van der Waals surface area contributed by atoms with Crippen molar-refractivity contribution in [3.8, 4) is 5.75 Å². The fraction of sp³-hybridized carbons (Fsp3) is 0.111. The van der Waals surface area contributed by atoms with E-state index in [1.807, 2.05) is 0 Å². The van der Waals surface area contributed by atoms with Crippen LogP contribution in [0.1, 0.15) is 0 Å². The van der Waals surface area contributed by atoms with Gasteiger partial charge in [0.05, 0.1) is 12.1 Å². The SMILES string of the molecule is COc1ccc(N2NOC(=O)C(=O)O2)c(Cl)c1. The quantitative estimate of drug-likeness (QED) is 0.778. The van der Waals surface area contributed by atoms with E-state index in [1.54, 1.807) is 6.07 Å². The molecule has 1 fully saturated rings. The monoisotopic (exact) mass is 258 g/mol. The molecule has 0 amide bonds. The molecule has 1 aliphatic rings. The van der Waals surface area contributed by atoms with Crippen LogP contribution in [0.2, 0.25) is 5.02 Å². The fourth-order valence-corrected chi connectivity index (χ4v) is 1.39. The molecule has 1 aromatic rings. The second kappa shape index (κ2) is 4.48. The van der Waals surface area contributed by atoms with Gasteiger partial charge in [0, 0.05) is 6.07 Å². The molecule has 17 heavy (non-hydrogen) atoms. The Morgan fingerprint density at radius 2 is 2.12 bits per heavy atom. The summed E-state index contributed by atoms with van der Waals surface area (Å²) in [7, 11) is 1.49. The Morgan fingerprint density at radius 1 is 1.35 bits per heavy atom. The minimum Gasteiger partial charge on any atom is -0.497 e. The van der Waals surface area contributed by atoms with Gasteiger partial charge in [-0.1, -0.05) is 16.8 Å². The largest absolute Gasteiger partial charge is 0.497 e. The molecule has 0 atom stereocenters. The lowest BCUT2D eigenvalue weighted by atomic mass is 10.3. The number of halogens is 1. The van der Waals surface area contributed by atoms with Crippen LogP contribution in [0.5, 0.6) is 5.75 Å². The first-order valence-corrected chi connectivity index (χ1v) is 4.82. The summed E-state index contributed by atoms with van der Waals surface area (Å²) >= 11 is 5.93. The molecule has 1 N–H and O–H groups in total. The molecule has 0 saturated carbocycles. The van der Waals surface area contributed by atoms with Gasteiger partial charge in [-0.25, -0.2) is 9.59 Å². The molecule has 0 spiro atoms. The van der Waals surface area contributed by atoms with E-state index in [-0.39, 0.29) is 5.02 Å². The standard InChI is InChI=1S/C9H7ClN2O5/c1-15-5-2-3-7(6(10)4-5)12-11-16-8(13)9(14)17-12/h2-4,11H,1H3. The number of nitrogens with zero attached hydrogens (tertiary/aromatic N) is 1. The Bertz CT molecular complexity index is 478. The van der Waals surface area contributed by atoms with Crippen molar-refractivity contribution in [2.45, 2.75) is 0 Å². The second-order valence-corrected chi connectivity index (χ2v) is 3.38. The molecular formula is C9H7ClN2O5. The van der Waals surface area contributed by atoms with E-state index >= 15 is 0 Å². The highest BCUT2D eigenvalue weighted by Crippen LogP contribution is 2.29. The molecule has 0 aromatic heterocycles. The average molecular weight is 259 g/mol. The number of ether oxygens (including phenoxy) is 1. The summed E-state index contributed by atoms with van der Waals surface area (Å²) < 4.78 is 4.96. The first-order valence-electron chi connectivity index (χ1n) is 4.44. The third-order valence-corrected chi connectivity index (χ3v) is 2.24. The van der Waals surface area contributed by atoms with Crippen molar-refractivity contribution in [2.75, 3.05) is 12.3 Å². The Balaban J connectivity index is 2.23. The number of benzene rings is 1. The molecule has 8 heteroatoms. The zero-order chi connectivity index (χ0) is 12.4. The molecule has 0 aliphatic carbocycles. The summed E-state index contributed by atoms with van der Waals surface area (Å²) in [6.45, 7) is 0. The van der Waals surface area contributed by atoms with Crippen LogP contribution in [0.15, 0.2) is 18.2 Å².